The molecule has 0 aliphatic carbocycles. The quantitative estimate of drug-likeness (QED) is 0.294. The van der Waals surface area contributed by atoms with Gasteiger partial charge in [-0.05, 0) is 37.2 Å². The average molecular weight is 499 g/mol. The van der Waals surface area contributed by atoms with Gasteiger partial charge in [0.2, 0.25) is 0 Å². The summed E-state index contributed by atoms with van der Waals surface area (Å²) in [5.74, 6) is 1.03. The molecule has 2 unspecified atom stereocenters. The van der Waals surface area contributed by atoms with Crippen LogP contribution < -0.4 is 9.47 Å². The molecule has 0 saturated carbocycles. The second kappa shape index (κ2) is 17.6. The zero-order valence-corrected chi connectivity index (χ0v) is 21.3. The third-order valence-electron chi connectivity index (χ3n) is 3.89. The fraction of sp³-hybridized carbons (Fsp3) is 0.700. The van der Waals surface area contributed by atoms with Crippen LogP contribution in [-0.2, 0) is 9.47 Å². The summed E-state index contributed by atoms with van der Waals surface area (Å²) in [5.41, 5.74) is 0. The third-order valence-corrected chi connectivity index (χ3v) is 8.85. The molecule has 2 N–H and O–H groups in total. The summed E-state index contributed by atoms with van der Waals surface area (Å²) in [6.07, 6.45) is 6.68. The minimum atomic E-state index is -0.734. The van der Waals surface area contributed by atoms with Crippen molar-refractivity contribution >= 4 is 47.0 Å². The summed E-state index contributed by atoms with van der Waals surface area (Å²) in [6, 6.07) is 7.20. The smallest absolute Gasteiger partial charge is 0.161 e. The highest BCUT2D eigenvalue weighted by Crippen LogP contribution is 2.27. The number of aliphatic hydroxyl groups is 2. The molecule has 1 rings (SSSR count). The predicted octanol–water partition coefficient (Wildman–Crippen LogP) is 3.30. The van der Waals surface area contributed by atoms with Gasteiger partial charge in [-0.1, -0.05) is 12.1 Å². The van der Waals surface area contributed by atoms with Crippen LogP contribution in [0.5, 0.6) is 11.5 Å². The molecule has 0 aromatic heterocycles. The normalized spacial score (nSPS) is 13.6. The molecular formula is C20H34O6S4. The van der Waals surface area contributed by atoms with Gasteiger partial charge in [0.05, 0.1) is 35.6 Å². The SMILES string of the molecule is CSC(COCC(O)COc1ccccc1OCC(O)COCC(SC)SC)SC. The minimum absolute atomic E-state index is 0.0972. The number of para-hydroxylation sites is 2. The summed E-state index contributed by atoms with van der Waals surface area (Å²) in [6.45, 7) is 1.77. The van der Waals surface area contributed by atoms with Gasteiger partial charge in [0, 0.05) is 0 Å². The first-order chi connectivity index (χ1) is 14.5. The molecular weight excluding hydrogens is 464 g/mol. The van der Waals surface area contributed by atoms with E-state index in [1.807, 2.05) is 37.2 Å². The van der Waals surface area contributed by atoms with E-state index in [1.165, 1.54) is 0 Å². The highest BCUT2D eigenvalue weighted by molar-refractivity contribution is 8.16. The molecule has 10 heteroatoms. The van der Waals surface area contributed by atoms with Crippen LogP contribution in [0.15, 0.2) is 24.3 Å². The molecule has 0 aliphatic heterocycles. The van der Waals surface area contributed by atoms with Crippen molar-refractivity contribution in [1.82, 2.24) is 0 Å². The molecule has 30 heavy (non-hydrogen) atoms. The Morgan fingerprint density at radius 1 is 0.633 bits per heavy atom. The van der Waals surface area contributed by atoms with E-state index >= 15 is 0 Å². The number of hydrogen-bond acceptors (Lipinski definition) is 10. The Kier molecular flexibility index (Phi) is 16.5. The van der Waals surface area contributed by atoms with Crippen LogP contribution >= 0.6 is 47.0 Å². The van der Waals surface area contributed by atoms with Crippen LogP contribution in [0, 0.1) is 0 Å². The molecule has 0 amide bonds. The molecule has 174 valence electrons. The summed E-state index contributed by atoms with van der Waals surface area (Å²) in [4.78, 5) is 0. The third kappa shape index (κ3) is 12.2. The van der Waals surface area contributed by atoms with Crippen molar-refractivity contribution in [3.63, 3.8) is 0 Å². The average Bonchev–Trinajstić information content (AvgIpc) is 2.77. The van der Waals surface area contributed by atoms with Gasteiger partial charge in [-0.15, -0.1) is 47.0 Å². The maximum absolute atomic E-state index is 10.1. The fourth-order valence-corrected chi connectivity index (χ4v) is 4.69. The molecule has 0 saturated heterocycles. The Morgan fingerprint density at radius 2 is 1.00 bits per heavy atom. The second-order valence-corrected chi connectivity index (χ2v) is 11.0. The maximum atomic E-state index is 10.1. The van der Waals surface area contributed by atoms with Gasteiger partial charge in [-0.3, -0.25) is 0 Å². The van der Waals surface area contributed by atoms with E-state index in [9.17, 15) is 10.2 Å². The standard InChI is InChI=1S/C20H34O6S4/c1-27-19(28-2)13-23-9-15(21)11-25-17-7-5-6-8-18(17)26-12-16(22)10-24-14-20(29-3)30-4/h5-8,15-16,19-22H,9-14H2,1-4H3. The number of hydrogen-bond donors (Lipinski definition) is 2. The van der Waals surface area contributed by atoms with Crippen molar-refractivity contribution in [2.45, 2.75) is 21.4 Å². The predicted molar refractivity (Wildman–Crippen MR) is 133 cm³/mol. The van der Waals surface area contributed by atoms with Gasteiger partial charge in [0.1, 0.15) is 25.4 Å². The van der Waals surface area contributed by atoms with E-state index < -0.39 is 12.2 Å². The minimum Gasteiger partial charge on any atom is -0.487 e. The zero-order valence-electron chi connectivity index (χ0n) is 18.0. The summed E-state index contributed by atoms with van der Waals surface area (Å²) in [7, 11) is 0. The van der Waals surface area contributed by atoms with Crippen molar-refractivity contribution in [1.29, 1.82) is 0 Å². The Hall–Kier alpha value is 0.0600. The molecule has 0 fully saturated rings. The molecule has 1 aromatic carbocycles. The van der Waals surface area contributed by atoms with E-state index in [-0.39, 0.29) is 26.4 Å². The van der Waals surface area contributed by atoms with E-state index in [4.69, 9.17) is 18.9 Å². The van der Waals surface area contributed by atoms with Gasteiger partial charge in [0.25, 0.3) is 0 Å². The van der Waals surface area contributed by atoms with Crippen molar-refractivity contribution in [3.8, 4) is 11.5 Å². The highest BCUT2D eigenvalue weighted by atomic mass is 32.2. The molecule has 0 heterocycles. The van der Waals surface area contributed by atoms with Crippen LogP contribution in [0.4, 0.5) is 0 Å². The zero-order chi connectivity index (χ0) is 22.2. The molecule has 0 radical (unpaired) electrons. The van der Waals surface area contributed by atoms with Crippen molar-refractivity contribution in [3.05, 3.63) is 24.3 Å². The summed E-state index contributed by atoms with van der Waals surface area (Å²) in [5, 5.41) is 20.2. The van der Waals surface area contributed by atoms with Crippen molar-refractivity contribution in [2.24, 2.45) is 0 Å². The van der Waals surface area contributed by atoms with Crippen molar-refractivity contribution in [2.75, 3.05) is 64.7 Å². The number of aliphatic hydroxyl groups excluding tert-OH is 2. The van der Waals surface area contributed by atoms with Crippen molar-refractivity contribution < 1.29 is 29.2 Å². The van der Waals surface area contributed by atoms with Crippen LogP contribution in [0.25, 0.3) is 0 Å². The fourth-order valence-electron chi connectivity index (χ4n) is 2.22. The molecule has 0 spiro atoms. The molecule has 1 aromatic rings. The van der Waals surface area contributed by atoms with E-state index in [0.29, 0.717) is 33.9 Å². The van der Waals surface area contributed by atoms with Gasteiger partial charge in [0.15, 0.2) is 11.5 Å². The number of rotatable bonds is 18. The first-order valence-electron chi connectivity index (χ1n) is 9.51. The summed E-state index contributed by atoms with van der Waals surface area (Å²) >= 11 is 6.91. The Labute approximate surface area is 197 Å². The maximum Gasteiger partial charge on any atom is 0.161 e. The van der Waals surface area contributed by atoms with Gasteiger partial charge >= 0.3 is 0 Å². The van der Waals surface area contributed by atoms with Gasteiger partial charge in [-0.25, -0.2) is 0 Å². The van der Waals surface area contributed by atoms with E-state index in [1.54, 1.807) is 59.2 Å². The Morgan fingerprint density at radius 3 is 1.33 bits per heavy atom. The molecule has 0 aliphatic rings. The number of thioether (sulfide) groups is 4. The molecule has 0 bridgehead atoms. The van der Waals surface area contributed by atoms with Crippen LogP contribution in [0.3, 0.4) is 0 Å². The Bertz CT molecular complexity index is 499. The topological polar surface area (TPSA) is 77.4 Å². The first kappa shape index (κ1) is 28.1. The van der Waals surface area contributed by atoms with Crippen LogP contribution in [0.1, 0.15) is 0 Å². The van der Waals surface area contributed by atoms with Crippen LogP contribution in [-0.4, -0.2) is 96.2 Å². The number of ether oxygens (including phenoxy) is 4. The van der Waals surface area contributed by atoms with Gasteiger partial charge in [-0.2, -0.15) is 0 Å². The second-order valence-electron chi connectivity index (χ2n) is 6.25. The van der Waals surface area contributed by atoms with E-state index in [0.717, 1.165) is 0 Å². The van der Waals surface area contributed by atoms with Crippen LogP contribution in [0.2, 0.25) is 0 Å². The van der Waals surface area contributed by atoms with Gasteiger partial charge < -0.3 is 29.2 Å². The first-order valence-corrected chi connectivity index (χ1v) is 14.7. The monoisotopic (exact) mass is 498 g/mol. The Balaban J connectivity index is 2.35. The lowest BCUT2D eigenvalue weighted by Gasteiger charge is -2.18. The van der Waals surface area contributed by atoms with E-state index in [2.05, 4.69) is 0 Å². The highest BCUT2D eigenvalue weighted by Gasteiger charge is 2.13. The lowest BCUT2D eigenvalue weighted by Crippen LogP contribution is -2.26. The summed E-state index contributed by atoms with van der Waals surface area (Å²) < 4.78 is 23.2. The lowest BCUT2D eigenvalue weighted by atomic mass is 10.3. The largest absolute Gasteiger partial charge is 0.487 e. The molecule has 2 atom stereocenters. The molecule has 6 nitrogen and oxygen atoms in total. The number of benzene rings is 1. The lowest BCUT2D eigenvalue weighted by molar-refractivity contribution is 0.0103.